The Morgan fingerprint density at radius 1 is 0.929 bits per heavy atom. The van der Waals surface area contributed by atoms with Gasteiger partial charge in [0.2, 0.25) is 0 Å². The fourth-order valence-electron chi connectivity index (χ4n) is 2.23. The van der Waals surface area contributed by atoms with Crippen LogP contribution in [0.5, 0.6) is 11.5 Å². The molecule has 0 fully saturated rings. The van der Waals surface area contributed by atoms with Crippen molar-refractivity contribution in [2.75, 3.05) is 26.6 Å². The van der Waals surface area contributed by atoms with Crippen LogP contribution in [0, 0.1) is 0 Å². The van der Waals surface area contributed by atoms with Crippen molar-refractivity contribution in [1.82, 2.24) is 10.9 Å². The van der Waals surface area contributed by atoms with Gasteiger partial charge in [-0.1, -0.05) is 12.1 Å². The highest BCUT2D eigenvalue weighted by Gasteiger charge is 2.10. The van der Waals surface area contributed by atoms with E-state index in [9.17, 15) is 9.59 Å². The lowest BCUT2D eigenvalue weighted by Crippen LogP contribution is -2.43. The molecule has 0 spiro atoms. The Morgan fingerprint density at radius 3 is 2.07 bits per heavy atom. The van der Waals surface area contributed by atoms with E-state index in [0.29, 0.717) is 22.7 Å². The van der Waals surface area contributed by atoms with Gasteiger partial charge in [-0.3, -0.25) is 20.4 Å². The van der Waals surface area contributed by atoms with Crippen molar-refractivity contribution >= 4 is 34.9 Å². The Kier molecular flexibility index (Phi) is 7.58. The summed E-state index contributed by atoms with van der Waals surface area (Å²) in [6, 6.07) is 11.9. The molecule has 8 nitrogen and oxygen atoms in total. The number of ether oxygens (including phenoxy) is 3. The van der Waals surface area contributed by atoms with Gasteiger partial charge in [-0.15, -0.1) is 0 Å². The van der Waals surface area contributed by atoms with Crippen LogP contribution in [0.1, 0.15) is 15.9 Å². The molecule has 0 bridgehead atoms. The molecular weight excluding hydrogens is 382 g/mol. The topological polar surface area (TPSA) is 97.9 Å². The second-order valence-corrected chi connectivity index (χ2v) is 5.99. The number of hydrazine groups is 1. The summed E-state index contributed by atoms with van der Waals surface area (Å²) in [5.74, 6) is 0.277. The first-order valence-corrected chi connectivity index (χ1v) is 8.62. The van der Waals surface area contributed by atoms with Crippen molar-refractivity contribution in [3.8, 4) is 11.5 Å². The molecule has 0 atom stereocenters. The lowest BCUT2D eigenvalue weighted by molar-refractivity contribution is -0.139. The molecule has 0 aliphatic heterocycles. The smallest absolute Gasteiger partial charge is 0.309 e. The summed E-state index contributed by atoms with van der Waals surface area (Å²) >= 11 is 5.16. The maximum Gasteiger partial charge on any atom is 0.309 e. The molecular formula is C19H21N3O5S. The third-order valence-corrected chi connectivity index (χ3v) is 3.90. The number of nitrogens with one attached hydrogen (secondary N) is 3. The van der Waals surface area contributed by atoms with Crippen LogP contribution in [0.3, 0.4) is 0 Å². The van der Waals surface area contributed by atoms with Gasteiger partial charge in [0.05, 0.1) is 27.8 Å². The second-order valence-electron chi connectivity index (χ2n) is 5.58. The predicted octanol–water partition coefficient (Wildman–Crippen LogP) is 2.05. The number of methoxy groups -OCH3 is 3. The largest absolute Gasteiger partial charge is 0.497 e. The number of rotatable bonds is 6. The van der Waals surface area contributed by atoms with Crippen LogP contribution in [0.4, 0.5) is 5.69 Å². The zero-order valence-electron chi connectivity index (χ0n) is 15.7. The molecule has 148 valence electrons. The van der Waals surface area contributed by atoms with Crippen LogP contribution in [0.2, 0.25) is 0 Å². The summed E-state index contributed by atoms with van der Waals surface area (Å²) in [7, 11) is 4.35. The van der Waals surface area contributed by atoms with Gasteiger partial charge in [0.15, 0.2) is 5.11 Å². The molecule has 0 heterocycles. The van der Waals surface area contributed by atoms with Crippen LogP contribution in [0.25, 0.3) is 0 Å². The van der Waals surface area contributed by atoms with Crippen LogP contribution < -0.4 is 25.6 Å². The number of esters is 1. The molecule has 1 amide bonds. The number of hydrogen-bond acceptors (Lipinski definition) is 6. The summed E-state index contributed by atoms with van der Waals surface area (Å²) < 4.78 is 14.9. The fourth-order valence-corrected chi connectivity index (χ4v) is 2.40. The van der Waals surface area contributed by atoms with Gasteiger partial charge in [-0.2, -0.15) is 0 Å². The maximum atomic E-state index is 12.3. The summed E-state index contributed by atoms with van der Waals surface area (Å²) in [6.45, 7) is 0. The summed E-state index contributed by atoms with van der Waals surface area (Å²) in [5, 5.41) is 3.13. The Bertz CT molecular complexity index is 833. The van der Waals surface area contributed by atoms with E-state index >= 15 is 0 Å². The Hall–Kier alpha value is -3.33. The summed E-state index contributed by atoms with van der Waals surface area (Å²) in [6.07, 6.45) is 0.194. The van der Waals surface area contributed by atoms with Crippen LogP contribution in [0.15, 0.2) is 42.5 Å². The number of thiocarbonyl (C=S) groups is 1. The average Bonchev–Trinajstić information content (AvgIpc) is 2.72. The zero-order chi connectivity index (χ0) is 20.5. The number of anilines is 1. The molecule has 9 heteroatoms. The molecule has 0 unspecified atom stereocenters. The van der Waals surface area contributed by atoms with Crippen molar-refractivity contribution in [2.45, 2.75) is 6.42 Å². The molecule has 3 N–H and O–H groups in total. The minimum Gasteiger partial charge on any atom is -0.497 e. The minimum absolute atomic E-state index is 0.194. The highest BCUT2D eigenvalue weighted by molar-refractivity contribution is 7.80. The van der Waals surface area contributed by atoms with Crippen molar-refractivity contribution in [3.63, 3.8) is 0 Å². The molecule has 0 radical (unpaired) electrons. The summed E-state index contributed by atoms with van der Waals surface area (Å²) in [5.41, 5.74) is 6.99. The second kappa shape index (κ2) is 10.1. The molecule has 0 aliphatic rings. The highest BCUT2D eigenvalue weighted by atomic mass is 32.1. The molecule has 0 saturated heterocycles. The van der Waals surface area contributed by atoms with Crippen LogP contribution in [-0.4, -0.2) is 38.3 Å². The van der Waals surface area contributed by atoms with Gasteiger partial charge in [-0.05, 0) is 42.0 Å². The van der Waals surface area contributed by atoms with Gasteiger partial charge < -0.3 is 19.5 Å². The molecule has 2 aromatic carbocycles. The summed E-state index contributed by atoms with van der Waals surface area (Å²) in [4.78, 5) is 23.6. The highest BCUT2D eigenvalue weighted by Crippen LogP contribution is 2.22. The van der Waals surface area contributed by atoms with Crippen molar-refractivity contribution in [1.29, 1.82) is 0 Å². The van der Waals surface area contributed by atoms with E-state index in [1.54, 1.807) is 42.5 Å². The van der Waals surface area contributed by atoms with Gasteiger partial charge >= 0.3 is 5.97 Å². The minimum atomic E-state index is -0.408. The Balaban J connectivity index is 1.90. The first-order valence-electron chi connectivity index (χ1n) is 8.21. The first kappa shape index (κ1) is 21.0. The number of benzene rings is 2. The zero-order valence-corrected chi connectivity index (χ0v) is 16.5. The van der Waals surface area contributed by atoms with Gasteiger partial charge in [-0.25, -0.2) is 0 Å². The van der Waals surface area contributed by atoms with E-state index in [2.05, 4.69) is 20.9 Å². The number of hydrogen-bond donors (Lipinski definition) is 3. The van der Waals surface area contributed by atoms with Gasteiger partial charge in [0.1, 0.15) is 11.5 Å². The van der Waals surface area contributed by atoms with E-state index < -0.39 is 5.91 Å². The van der Waals surface area contributed by atoms with E-state index in [1.165, 1.54) is 21.3 Å². The lowest BCUT2D eigenvalue weighted by Gasteiger charge is -2.13. The number of carbonyl (C=O) groups is 2. The first-order chi connectivity index (χ1) is 13.4. The van der Waals surface area contributed by atoms with Gasteiger partial charge in [0.25, 0.3) is 5.91 Å². The van der Waals surface area contributed by atoms with E-state index in [0.717, 1.165) is 5.56 Å². The van der Waals surface area contributed by atoms with E-state index in [-0.39, 0.29) is 17.5 Å². The third kappa shape index (κ3) is 6.13. The molecule has 28 heavy (non-hydrogen) atoms. The molecule has 2 rings (SSSR count). The van der Waals surface area contributed by atoms with Crippen LogP contribution in [-0.2, 0) is 16.0 Å². The SMILES string of the molecule is COC(=O)Cc1ccc(NC(=S)NNC(=O)c2cc(OC)cc(OC)c2)cc1. The predicted molar refractivity (Wildman–Crippen MR) is 109 cm³/mol. The van der Waals surface area contributed by atoms with Crippen molar-refractivity contribution in [2.24, 2.45) is 0 Å². The standard InChI is InChI=1S/C19H21N3O5S/c1-25-15-9-13(10-16(11-15)26-2)18(24)21-22-19(28)20-14-6-4-12(5-7-14)8-17(23)27-3/h4-7,9-11H,8H2,1-3H3,(H,21,24)(H2,20,22,28). The Labute approximate surface area is 168 Å². The normalized spacial score (nSPS) is 9.82. The molecule has 2 aromatic rings. The number of carbonyl (C=O) groups excluding carboxylic acids is 2. The fraction of sp³-hybridized carbons (Fsp3) is 0.211. The average molecular weight is 403 g/mol. The molecule has 0 saturated carbocycles. The Morgan fingerprint density at radius 2 is 1.54 bits per heavy atom. The monoisotopic (exact) mass is 403 g/mol. The van der Waals surface area contributed by atoms with Crippen molar-refractivity contribution < 1.29 is 23.8 Å². The van der Waals surface area contributed by atoms with Crippen LogP contribution >= 0.6 is 12.2 Å². The van der Waals surface area contributed by atoms with Gasteiger partial charge in [0, 0.05) is 17.3 Å². The molecule has 0 aliphatic carbocycles. The van der Waals surface area contributed by atoms with E-state index in [4.69, 9.17) is 21.7 Å². The van der Waals surface area contributed by atoms with Crippen molar-refractivity contribution in [3.05, 3.63) is 53.6 Å². The lowest BCUT2D eigenvalue weighted by atomic mass is 10.1. The number of amides is 1. The third-order valence-electron chi connectivity index (χ3n) is 3.69. The quantitative estimate of drug-likeness (QED) is 0.383. The van der Waals surface area contributed by atoms with E-state index in [1.807, 2.05) is 0 Å². The maximum absolute atomic E-state index is 12.3. The molecule has 0 aromatic heterocycles.